The van der Waals surface area contributed by atoms with Crippen molar-refractivity contribution in [3.63, 3.8) is 0 Å². The number of hydrogen-bond donors (Lipinski definition) is 1. The van der Waals surface area contributed by atoms with Crippen LogP contribution in [0.15, 0.2) is 0 Å². The third-order valence-electron chi connectivity index (χ3n) is 2.41. The average molecular weight is 222 g/mol. The summed E-state index contributed by atoms with van der Waals surface area (Å²) in [5.41, 5.74) is 0. The van der Waals surface area contributed by atoms with Gasteiger partial charge in [0.15, 0.2) is 0 Å². The summed E-state index contributed by atoms with van der Waals surface area (Å²) in [7, 11) is 1.66. The van der Waals surface area contributed by atoms with Crippen LogP contribution in [-0.2, 0) is 9.47 Å². The average Bonchev–Trinajstić information content (AvgIpc) is 2.52. The summed E-state index contributed by atoms with van der Waals surface area (Å²) in [4.78, 5) is 0. The van der Waals surface area contributed by atoms with E-state index in [1.165, 1.54) is 6.42 Å². The summed E-state index contributed by atoms with van der Waals surface area (Å²) >= 11 is 5.97. The molecule has 0 aromatic carbocycles. The number of rotatable bonds is 6. The molecule has 84 valence electrons. The summed E-state index contributed by atoms with van der Waals surface area (Å²) in [6, 6.07) is 0. The van der Waals surface area contributed by atoms with E-state index >= 15 is 0 Å². The van der Waals surface area contributed by atoms with Gasteiger partial charge in [0, 0.05) is 20.2 Å². The first kappa shape index (κ1) is 12.2. The van der Waals surface area contributed by atoms with Crippen LogP contribution in [0.2, 0.25) is 0 Å². The molecule has 0 spiro atoms. The van der Waals surface area contributed by atoms with Crippen molar-refractivity contribution in [3.05, 3.63) is 0 Å². The SMILES string of the molecule is COCC(Cl)CNCC1CCC(C)O1. The molecule has 1 aliphatic rings. The first-order valence-electron chi connectivity index (χ1n) is 5.21. The van der Waals surface area contributed by atoms with Crippen LogP contribution in [0.3, 0.4) is 0 Å². The molecule has 0 aromatic rings. The monoisotopic (exact) mass is 221 g/mol. The molecule has 1 aliphatic heterocycles. The Hall–Kier alpha value is 0.170. The summed E-state index contributed by atoms with van der Waals surface area (Å²) in [5, 5.41) is 3.35. The number of nitrogens with one attached hydrogen (secondary N) is 1. The number of ether oxygens (including phenoxy) is 2. The van der Waals surface area contributed by atoms with Crippen molar-refractivity contribution in [2.75, 3.05) is 26.8 Å². The zero-order valence-corrected chi connectivity index (χ0v) is 9.72. The topological polar surface area (TPSA) is 30.5 Å². The molecule has 1 N–H and O–H groups in total. The predicted octanol–water partition coefficient (Wildman–Crippen LogP) is 1.40. The van der Waals surface area contributed by atoms with Gasteiger partial charge in [-0.3, -0.25) is 0 Å². The largest absolute Gasteiger partial charge is 0.383 e. The van der Waals surface area contributed by atoms with Gasteiger partial charge in [-0.25, -0.2) is 0 Å². The Morgan fingerprint density at radius 1 is 1.57 bits per heavy atom. The molecule has 4 heteroatoms. The van der Waals surface area contributed by atoms with Gasteiger partial charge in [0.25, 0.3) is 0 Å². The maximum Gasteiger partial charge on any atom is 0.0704 e. The second-order valence-electron chi connectivity index (χ2n) is 3.86. The van der Waals surface area contributed by atoms with Crippen LogP contribution in [0.4, 0.5) is 0 Å². The molecule has 0 amide bonds. The van der Waals surface area contributed by atoms with E-state index in [4.69, 9.17) is 21.1 Å². The number of hydrogen-bond acceptors (Lipinski definition) is 3. The summed E-state index contributed by atoms with van der Waals surface area (Å²) in [6.07, 6.45) is 3.13. The van der Waals surface area contributed by atoms with Crippen LogP contribution in [0.5, 0.6) is 0 Å². The van der Waals surface area contributed by atoms with E-state index in [1.54, 1.807) is 7.11 Å². The van der Waals surface area contributed by atoms with Gasteiger partial charge in [-0.15, -0.1) is 11.6 Å². The fourth-order valence-electron chi connectivity index (χ4n) is 1.68. The molecule has 0 aliphatic carbocycles. The highest BCUT2D eigenvalue weighted by molar-refractivity contribution is 6.20. The first-order valence-corrected chi connectivity index (χ1v) is 5.65. The first-order chi connectivity index (χ1) is 6.72. The van der Waals surface area contributed by atoms with Crippen molar-refractivity contribution in [1.29, 1.82) is 0 Å². The summed E-state index contributed by atoms with van der Waals surface area (Å²) in [6.45, 7) is 4.40. The molecule has 3 nitrogen and oxygen atoms in total. The maximum atomic E-state index is 5.97. The molecule has 0 radical (unpaired) electrons. The summed E-state index contributed by atoms with van der Waals surface area (Å²) < 4.78 is 10.6. The van der Waals surface area contributed by atoms with E-state index in [0.29, 0.717) is 18.8 Å². The highest BCUT2D eigenvalue weighted by atomic mass is 35.5. The fraction of sp³-hybridized carbons (Fsp3) is 1.00. The molecular weight excluding hydrogens is 202 g/mol. The lowest BCUT2D eigenvalue weighted by Crippen LogP contribution is -2.32. The van der Waals surface area contributed by atoms with Crippen LogP contribution in [0.1, 0.15) is 19.8 Å². The van der Waals surface area contributed by atoms with E-state index in [0.717, 1.165) is 19.5 Å². The standard InChI is InChI=1S/C10H20ClNO2/c1-8-3-4-10(14-8)6-12-5-9(11)7-13-2/h8-10,12H,3-7H2,1-2H3. The van der Waals surface area contributed by atoms with E-state index in [9.17, 15) is 0 Å². The molecule has 3 unspecified atom stereocenters. The minimum absolute atomic E-state index is 0.0545. The normalized spacial score (nSPS) is 29.4. The lowest BCUT2D eigenvalue weighted by atomic mass is 10.2. The van der Waals surface area contributed by atoms with E-state index < -0.39 is 0 Å². The molecule has 1 heterocycles. The maximum absolute atomic E-state index is 5.97. The van der Waals surface area contributed by atoms with Crippen molar-refractivity contribution >= 4 is 11.6 Å². The lowest BCUT2D eigenvalue weighted by Gasteiger charge is -2.14. The van der Waals surface area contributed by atoms with Gasteiger partial charge in [-0.05, 0) is 19.8 Å². The molecule has 1 saturated heterocycles. The number of methoxy groups -OCH3 is 1. The Balaban J connectivity index is 1.98. The zero-order valence-electron chi connectivity index (χ0n) is 8.96. The number of halogens is 1. The van der Waals surface area contributed by atoms with Gasteiger partial charge in [-0.1, -0.05) is 0 Å². The highest BCUT2D eigenvalue weighted by Gasteiger charge is 2.21. The van der Waals surface area contributed by atoms with E-state index in [-0.39, 0.29) is 5.38 Å². The van der Waals surface area contributed by atoms with Gasteiger partial charge in [0.2, 0.25) is 0 Å². The van der Waals surface area contributed by atoms with Crippen LogP contribution in [-0.4, -0.2) is 44.4 Å². The molecule has 3 atom stereocenters. The van der Waals surface area contributed by atoms with E-state index in [1.807, 2.05) is 0 Å². The minimum Gasteiger partial charge on any atom is -0.383 e. The van der Waals surface area contributed by atoms with Crippen molar-refractivity contribution in [1.82, 2.24) is 5.32 Å². The Bertz CT molecular complexity index is 157. The van der Waals surface area contributed by atoms with Crippen LogP contribution >= 0.6 is 11.6 Å². The Morgan fingerprint density at radius 2 is 2.36 bits per heavy atom. The Morgan fingerprint density at radius 3 is 2.93 bits per heavy atom. The zero-order chi connectivity index (χ0) is 10.4. The van der Waals surface area contributed by atoms with Crippen molar-refractivity contribution in [2.45, 2.75) is 37.4 Å². The third-order valence-corrected chi connectivity index (χ3v) is 2.69. The predicted molar refractivity (Wildman–Crippen MR) is 58.0 cm³/mol. The molecule has 0 aromatic heterocycles. The molecular formula is C10H20ClNO2. The highest BCUT2D eigenvalue weighted by Crippen LogP contribution is 2.18. The van der Waals surface area contributed by atoms with Crippen LogP contribution < -0.4 is 5.32 Å². The second kappa shape index (κ2) is 6.62. The smallest absolute Gasteiger partial charge is 0.0704 e. The van der Waals surface area contributed by atoms with Gasteiger partial charge in [0.1, 0.15) is 0 Å². The molecule has 0 saturated carbocycles. The van der Waals surface area contributed by atoms with Gasteiger partial charge < -0.3 is 14.8 Å². The molecule has 0 bridgehead atoms. The van der Waals surface area contributed by atoms with Crippen molar-refractivity contribution in [3.8, 4) is 0 Å². The van der Waals surface area contributed by atoms with Crippen molar-refractivity contribution < 1.29 is 9.47 Å². The summed E-state index contributed by atoms with van der Waals surface area (Å²) in [5.74, 6) is 0. The molecule has 14 heavy (non-hydrogen) atoms. The van der Waals surface area contributed by atoms with Crippen LogP contribution in [0.25, 0.3) is 0 Å². The lowest BCUT2D eigenvalue weighted by molar-refractivity contribution is 0.0558. The second-order valence-corrected chi connectivity index (χ2v) is 4.47. The van der Waals surface area contributed by atoms with Gasteiger partial charge in [-0.2, -0.15) is 0 Å². The van der Waals surface area contributed by atoms with E-state index in [2.05, 4.69) is 12.2 Å². The van der Waals surface area contributed by atoms with Crippen molar-refractivity contribution in [2.24, 2.45) is 0 Å². The molecule has 1 fully saturated rings. The van der Waals surface area contributed by atoms with Crippen LogP contribution in [0, 0.1) is 0 Å². The Labute approximate surface area is 91.1 Å². The Kier molecular flexibility index (Phi) is 5.78. The molecule has 1 rings (SSSR count). The minimum atomic E-state index is 0.0545. The number of alkyl halides is 1. The quantitative estimate of drug-likeness (QED) is 0.688. The van der Waals surface area contributed by atoms with Gasteiger partial charge in [0.05, 0.1) is 24.2 Å². The fourth-order valence-corrected chi connectivity index (χ4v) is 1.91. The third kappa shape index (κ3) is 4.60. The van der Waals surface area contributed by atoms with Gasteiger partial charge >= 0.3 is 0 Å².